The molecule has 0 bridgehead atoms. The van der Waals surface area contributed by atoms with Crippen LogP contribution in [-0.4, -0.2) is 77.8 Å². The highest BCUT2D eigenvalue weighted by molar-refractivity contribution is 7.99. The summed E-state index contributed by atoms with van der Waals surface area (Å²) in [6.07, 6.45) is -6.00. The quantitative estimate of drug-likeness (QED) is 0.131. The maximum absolute atomic E-state index is 13.1. The third kappa shape index (κ3) is 8.73. The first-order valence-corrected chi connectivity index (χ1v) is 19.0. The van der Waals surface area contributed by atoms with Gasteiger partial charge in [0.25, 0.3) is 0 Å². The zero-order chi connectivity index (χ0) is 39.4. The van der Waals surface area contributed by atoms with Gasteiger partial charge in [-0.15, -0.1) is 5.10 Å². The van der Waals surface area contributed by atoms with Gasteiger partial charge in [-0.25, -0.2) is 0 Å². The smallest absolute Gasteiger partial charge is 0.471 e. The van der Waals surface area contributed by atoms with Gasteiger partial charge in [-0.05, 0) is 87.5 Å². The number of tetrazole rings is 1. The Hall–Kier alpha value is -5.29. The summed E-state index contributed by atoms with van der Waals surface area (Å²) in [4.78, 5) is 25.4. The van der Waals surface area contributed by atoms with Crippen LogP contribution in [-0.2, 0) is 32.2 Å². The number of aromatic nitrogens is 4. The number of rotatable bonds is 11. The highest BCUT2D eigenvalue weighted by atomic mass is 32.2. The van der Waals surface area contributed by atoms with Crippen LogP contribution in [0, 0.1) is 5.92 Å². The Morgan fingerprint density at radius 3 is 2.39 bits per heavy atom. The molecule has 5 aromatic rings. The number of ether oxygens (including phenoxy) is 2. The number of carbonyl (C=O) groups excluding carboxylic acids is 2. The van der Waals surface area contributed by atoms with Crippen molar-refractivity contribution in [2.24, 2.45) is 5.92 Å². The Balaban J connectivity index is 1.08. The third-order valence-electron chi connectivity index (χ3n) is 9.98. The first kappa shape index (κ1) is 39.0. The average molecular weight is 789 g/mol. The first-order valence-electron chi connectivity index (χ1n) is 18.0. The van der Waals surface area contributed by atoms with Crippen molar-refractivity contribution >= 4 is 23.6 Å². The molecule has 12 nitrogen and oxygen atoms in total. The van der Waals surface area contributed by atoms with E-state index in [0.29, 0.717) is 27.9 Å². The molecule has 5 atom stereocenters. The fourth-order valence-electron chi connectivity index (χ4n) is 6.97. The second kappa shape index (κ2) is 16.8. The molecular formula is C40H39F3N6O6S. The number of hydrogen-bond donors (Lipinski definition) is 3. The molecule has 4 aromatic carbocycles. The van der Waals surface area contributed by atoms with E-state index in [1.807, 2.05) is 72.8 Å². The third-order valence-corrected chi connectivity index (χ3v) is 11.0. The number of phenols is 1. The number of nitrogens with one attached hydrogen (secondary N) is 1. The summed E-state index contributed by atoms with van der Waals surface area (Å²) in [5.41, 5.74) is 5.59. The van der Waals surface area contributed by atoms with Gasteiger partial charge in [-0.3, -0.25) is 9.59 Å². The van der Waals surface area contributed by atoms with Gasteiger partial charge in [0.15, 0.2) is 6.29 Å². The minimum absolute atomic E-state index is 0.0652. The van der Waals surface area contributed by atoms with Crippen molar-refractivity contribution in [3.05, 3.63) is 119 Å². The molecule has 7 rings (SSSR count). The van der Waals surface area contributed by atoms with E-state index in [9.17, 15) is 33.0 Å². The number of carbonyl (C=O) groups is 2. The molecule has 0 unspecified atom stereocenters. The summed E-state index contributed by atoms with van der Waals surface area (Å²) in [6.45, 7) is 1.93. The number of amides is 2. The fourth-order valence-corrected chi connectivity index (χ4v) is 8.02. The normalized spacial score (nSPS) is 21.2. The summed E-state index contributed by atoms with van der Waals surface area (Å²) >= 11 is 1.43. The summed E-state index contributed by atoms with van der Waals surface area (Å²) in [5.74, 6) is -2.11. The topological polar surface area (TPSA) is 152 Å². The molecule has 3 heterocycles. The molecule has 0 radical (unpaired) electrons. The number of halogens is 3. The van der Waals surface area contributed by atoms with E-state index < -0.39 is 30.3 Å². The number of phenolic OH excluding ortho intramolecular Hbond substituents is 1. The van der Waals surface area contributed by atoms with Gasteiger partial charge in [0, 0.05) is 30.3 Å². The molecule has 0 spiro atoms. The number of alkyl halides is 3. The second-order valence-corrected chi connectivity index (χ2v) is 14.7. The molecule has 2 fully saturated rings. The van der Waals surface area contributed by atoms with Crippen molar-refractivity contribution in [1.29, 1.82) is 0 Å². The lowest BCUT2D eigenvalue weighted by molar-refractivity contribution is -0.268. The molecule has 292 valence electrons. The molecule has 1 aromatic heterocycles. The van der Waals surface area contributed by atoms with E-state index >= 15 is 0 Å². The lowest BCUT2D eigenvalue weighted by Gasteiger charge is -2.41. The van der Waals surface area contributed by atoms with Crippen molar-refractivity contribution in [3.63, 3.8) is 0 Å². The molecule has 2 aliphatic rings. The monoisotopic (exact) mass is 788 g/mol. The van der Waals surface area contributed by atoms with Crippen LogP contribution in [0.15, 0.2) is 102 Å². The predicted octanol–water partition coefficient (Wildman–Crippen LogP) is 6.28. The van der Waals surface area contributed by atoms with Gasteiger partial charge < -0.3 is 29.9 Å². The zero-order valence-electron chi connectivity index (χ0n) is 30.2. The van der Waals surface area contributed by atoms with Crippen LogP contribution >= 0.6 is 11.8 Å². The number of hydrogen-bond acceptors (Lipinski definition) is 10. The van der Waals surface area contributed by atoms with Gasteiger partial charge in [0.1, 0.15) is 11.8 Å². The molecule has 2 aliphatic heterocycles. The molecule has 0 saturated carbocycles. The van der Waals surface area contributed by atoms with Crippen molar-refractivity contribution in [1.82, 2.24) is 30.4 Å². The van der Waals surface area contributed by atoms with Crippen LogP contribution in [0.2, 0.25) is 0 Å². The second-order valence-electron chi connectivity index (χ2n) is 13.7. The number of aromatic hydroxyl groups is 1. The number of aliphatic hydroxyl groups excluding tert-OH is 1. The fraction of sp³-hybridized carbons (Fsp3) is 0.325. The van der Waals surface area contributed by atoms with Crippen molar-refractivity contribution in [3.8, 4) is 22.6 Å². The van der Waals surface area contributed by atoms with Gasteiger partial charge in [-0.2, -0.15) is 17.9 Å². The maximum atomic E-state index is 13.1. The Morgan fingerprint density at radius 1 is 0.929 bits per heavy atom. The Kier molecular flexibility index (Phi) is 11.7. The maximum Gasteiger partial charge on any atom is 0.471 e. The number of thioether (sulfide) groups is 1. The van der Waals surface area contributed by atoms with E-state index in [1.165, 1.54) is 11.8 Å². The lowest BCUT2D eigenvalue weighted by atomic mass is 9.91. The molecule has 3 N–H and O–H groups in total. The van der Waals surface area contributed by atoms with Crippen LogP contribution in [0.4, 0.5) is 13.2 Å². The van der Waals surface area contributed by atoms with Crippen molar-refractivity contribution < 1.29 is 42.4 Å². The van der Waals surface area contributed by atoms with Crippen molar-refractivity contribution in [2.75, 3.05) is 12.3 Å². The van der Waals surface area contributed by atoms with E-state index in [1.54, 1.807) is 28.9 Å². The Bertz CT molecular complexity index is 2150. The summed E-state index contributed by atoms with van der Waals surface area (Å²) in [7, 11) is 0. The molecule has 16 heteroatoms. The predicted molar refractivity (Wildman–Crippen MR) is 199 cm³/mol. The summed E-state index contributed by atoms with van der Waals surface area (Å²) in [5, 5.41) is 34.9. The largest absolute Gasteiger partial charge is 0.508 e. The minimum atomic E-state index is -5.04. The zero-order valence-corrected chi connectivity index (χ0v) is 31.0. The lowest BCUT2D eigenvalue weighted by Crippen LogP contribution is -2.50. The van der Waals surface area contributed by atoms with Crippen LogP contribution in [0.5, 0.6) is 5.75 Å². The number of benzene rings is 4. The summed E-state index contributed by atoms with van der Waals surface area (Å²) < 4.78 is 54.3. The van der Waals surface area contributed by atoms with Crippen LogP contribution in [0.25, 0.3) is 16.8 Å². The average Bonchev–Trinajstić information content (AvgIpc) is 3.90. The van der Waals surface area contributed by atoms with Crippen LogP contribution in [0.3, 0.4) is 0 Å². The number of nitrogens with zero attached hydrogens (tertiary/aromatic N) is 5. The van der Waals surface area contributed by atoms with E-state index in [0.717, 1.165) is 33.4 Å². The van der Waals surface area contributed by atoms with E-state index in [2.05, 4.69) is 27.8 Å². The summed E-state index contributed by atoms with van der Waals surface area (Å²) in [6, 6.07) is 28.2. The van der Waals surface area contributed by atoms with Gasteiger partial charge in [-0.1, -0.05) is 79.3 Å². The SMILES string of the molecule is C[C@H]1[C@@H](CSc2nnnn2-c2ccc(O)cc2)O[C@@H](c2cccc(-c3cccc(CNC(=O)[C@@H]4CCCN4C(=O)C(F)(F)F)c3)c2)O[C@H]1c1ccc(CO)cc1. The van der Waals surface area contributed by atoms with E-state index in [-0.39, 0.29) is 50.0 Å². The number of likely N-dealkylation sites (tertiary alicyclic amines) is 1. The highest BCUT2D eigenvalue weighted by Crippen LogP contribution is 2.43. The van der Waals surface area contributed by atoms with Crippen LogP contribution < -0.4 is 5.32 Å². The first-order chi connectivity index (χ1) is 27.0. The Morgan fingerprint density at radius 2 is 1.66 bits per heavy atom. The van der Waals surface area contributed by atoms with Gasteiger partial charge in [0.05, 0.1) is 24.5 Å². The van der Waals surface area contributed by atoms with Gasteiger partial charge >= 0.3 is 12.1 Å². The van der Waals surface area contributed by atoms with Crippen LogP contribution in [0.1, 0.15) is 54.4 Å². The van der Waals surface area contributed by atoms with Crippen molar-refractivity contribution in [2.45, 2.75) is 68.8 Å². The molecule has 2 amide bonds. The minimum Gasteiger partial charge on any atom is -0.508 e. The standard InChI is InChI=1S/C40H39F3N6O6S/c1-24-34(23-56-39-45-46-47-49(39)31-14-16-32(51)17-15-31)54-37(55-35(24)27-12-10-25(22-50)11-13-27)30-8-3-7-29(20-30)28-6-2-5-26(19-28)21-44-36(52)33-9-4-18-48(33)38(53)40(41,42)43/h2-3,5-8,10-17,19-20,24,33-35,37,50-51H,4,9,18,21-23H2,1H3,(H,44,52)/t24-,33-,34+,35+,37+/m0/s1. The molecular weight excluding hydrogens is 750 g/mol. The van der Waals surface area contributed by atoms with E-state index in [4.69, 9.17) is 9.47 Å². The molecule has 2 saturated heterocycles. The molecule has 56 heavy (non-hydrogen) atoms. The van der Waals surface area contributed by atoms with Gasteiger partial charge in [0.2, 0.25) is 11.1 Å². The molecule has 0 aliphatic carbocycles. The number of aliphatic hydroxyl groups is 1. The Labute approximate surface area is 324 Å². The highest BCUT2D eigenvalue weighted by Gasteiger charge is 2.47.